The summed E-state index contributed by atoms with van der Waals surface area (Å²) in [5, 5.41) is 28.9. The number of aromatic hydroxyl groups is 1. The summed E-state index contributed by atoms with van der Waals surface area (Å²) in [7, 11) is 0. The fourth-order valence-corrected chi connectivity index (χ4v) is 4.79. The average molecular weight is 436 g/mol. The van der Waals surface area contributed by atoms with Crippen LogP contribution in [-0.4, -0.2) is 42.2 Å². The molecule has 0 radical (unpaired) electrons. The lowest BCUT2D eigenvalue weighted by molar-refractivity contribution is -0.143. The number of aliphatic carboxylic acids is 2. The van der Waals surface area contributed by atoms with Gasteiger partial charge in [0.15, 0.2) is 5.78 Å². The van der Waals surface area contributed by atoms with Crippen LogP contribution >= 0.6 is 0 Å². The van der Waals surface area contributed by atoms with Crippen LogP contribution in [-0.2, 0) is 9.59 Å². The summed E-state index contributed by atoms with van der Waals surface area (Å²) < 4.78 is 2.11. The first-order valence-corrected chi connectivity index (χ1v) is 10.8. The van der Waals surface area contributed by atoms with Crippen LogP contribution in [0, 0.1) is 5.92 Å². The molecule has 0 aliphatic heterocycles. The van der Waals surface area contributed by atoms with Crippen LogP contribution in [0.5, 0.6) is 5.88 Å². The number of Topliss-reactive ketones (excluding diaryl/α,β-unsaturated/α-hetero) is 1. The Morgan fingerprint density at radius 2 is 1.39 bits per heavy atom. The zero-order chi connectivity index (χ0) is 22.7. The molecule has 0 atom stereocenters. The molecule has 2 aliphatic carbocycles. The highest BCUT2D eigenvalue weighted by Crippen LogP contribution is 2.35. The monoisotopic (exact) mass is 436 g/mol. The first-order valence-electron chi connectivity index (χ1n) is 10.8. The van der Waals surface area contributed by atoms with E-state index in [2.05, 4.69) is 0 Å². The van der Waals surface area contributed by atoms with Gasteiger partial charge in [-0.3, -0.25) is 28.3 Å². The number of carboxylic acid groups (broad SMARTS) is 2. The molecular weight excluding hydrogens is 408 g/mol. The maximum atomic E-state index is 13.3. The Morgan fingerprint density at radius 3 is 1.94 bits per heavy atom. The Balaban J connectivity index is 2.08. The Labute approximate surface area is 178 Å². The molecule has 1 aromatic rings. The van der Waals surface area contributed by atoms with E-state index in [0.29, 0.717) is 38.5 Å². The van der Waals surface area contributed by atoms with Crippen molar-refractivity contribution in [2.24, 2.45) is 5.92 Å². The second-order valence-corrected chi connectivity index (χ2v) is 8.48. The molecule has 3 N–H and O–H groups in total. The number of nitrogens with zero attached hydrogens (tertiary/aromatic N) is 2. The Hall–Kier alpha value is -2.91. The molecule has 0 saturated heterocycles. The van der Waals surface area contributed by atoms with E-state index in [1.807, 2.05) is 0 Å². The lowest BCUT2D eigenvalue weighted by Crippen LogP contribution is -2.46. The number of aromatic nitrogens is 2. The minimum absolute atomic E-state index is 0.316. The van der Waals surface area contributed by atoms with Crippen LogP contribution in [0.2, 0.25) is 0 Å². The quantitative estimate of drug-likeness (QED) is 0.549. The van der Waals surface area contributed by atoms with Crippen molar-refractivity contribution in [2.45, 2.75) is 82.7 Å². The summed E-state index contributed by atoms with van der Waals surface area (Å²) in [6, 6.07) is -0.924. The fraction of sp³-hybridized carbons (Fsp3) is 0.667. The zero-order valence-corrected chi connectivity index (χ0v) is 17.3. The molecule has 0 bridgehead atoms. The molecule has 2 aliphatic rings. The van der Waals surface area contributed by atoms with Crippen LogP contribution in [0.15, 0.2) is 9.59 Å². The highest BCUT2D eigenvalue weighted by atomic mass is 16.4. The molecule has 1 heterocycles. The molecule has 0 amide bonds. The number of ketones is 1. The third-order valence-electron chi connectivity index (χ3n) is 6.49. The Morgan fingerprint density at radius 1 is 0.806 bits per heavy atom. The van der Waals surface area contributed by atoms with Crippen molar-refractivity contribution in [2.75, 3.05) is 0 Å². The number of hydrogen-bond donors (Lipinski definition) is 3. The van der Waals surface area contributed by atoms with Gasteiger partial charge < -0.3 is 15.3 Å². The van der Waals surface area contributed by atoms with Gasteiger partial charge in [0.1, 0.15) is 5.56 Å². The van der Waals surface area contributed by atoms with Crippen LogP contribution in [0.25, 0.3) is 0 Å². The Kier molecular flexibility index (Phi) is 6.97. The zero-order valence-electron chi connectivity index (χ0n) is 17.3. The van der Waals surface area contributed by atoms with E-state index in [1.165, 1.54) is 0 Å². The molecule has 3 rings (SSSR count). The van der Waals surface area contributed by atoms with E-state index in [0.717, 1.165) is 28.4 Å². The minimum Gasteiger partial charge on any atom is -0.494 e. The molecule has 2 saturated carbocycles. The maximum absolute atomic E-state index is 13.3. The summed E-state index contributed by atoms with van der Waals surface area (Å²) in [5.41, 5.74) is -2.12. The van der Waals surface area contributed by atoms with Crippen molar-refractivity contribution in [3.63, 3.8) is 0 Å². The van der Waals surface area contributed by atoms with E-state index in [9.17, 15) is 34.2 Å². The van der Waals surface area contributed by atoms with Gasteiger partial charge in [0, 0.05) is 18.5 Å². The largest absolute Gasteiger partial charge is 0.494 e. The van der Waals surface area contributed by atoms with Gasteiger partial charge in [-0.05, 0) is 38.5 Å². The number of rotatable bonds is 7. The van der Waals surface area contributed by atoms with Crippen LogP contribution in [0.1, 0.15) is 93.1 Å². The van der Waals surface area contributed by atoms with Gasteiger partial charge in [0.05, 0.1) is 12.3 Å². The van der Waals surface area contributed by atoms with Gasteiger partial charge in [-0.2, -0.15) is 0 Å². The summed E-state index contributed by atoms with van der Waals surface area (Å²) in [4.78, 5) is 61.2. The predicted molar refractivity (Wildman–Crippen MR) is 109 cm³/mol. The van der Waals surface area contributed by atoms with E-state index in [1.54, 1.807) is 0 Å². The third-order valence-corrected chi connectivity index (χ3v) is 6.49. The minimum atomic E-state index is -1.21. The summed E-state index contributed by atoms with van der Waals surface area (Å²) in [6.07, 6.45) is 4.17. The van der Waals surface area contributed by atoms with E-state index >= 15 is 0 Å². The number of carboxylic acids is 2. The lowest BCUT2D eigenvalue weighted by Gasteiger charge is -2.31. The van der Waals surface area contributed by atoms with Gasteiger partial charge in [-0.15, -0.1) is 0 Å². The van der Waals surface area contributed by atoms with Gasteiger partial charge in [-0.25, -0.2) is 4.79 Å². The number of hydrogen-bond acceptors (Lipinski definition) is 6. The molecule has 170 valence electrons. The van der Waals surface area contributed by atoms with Crippen LogP contribution in [0.4, 0.5) is 0 Å². The highest BCUT2D eigenvalue weighted by Gasteiger charge is 2.33. The maximum Gasteiger partial charge on any atom is 0.334 e. The molecule has 0 spiro atoms. The topological polar surface area (TPSA) is 156 Å². The number of carbonyl (C=O) groups excluding carboxylic acids is 1. The van der Waals surface area contributed by atoms with Crippen molar-refractivity contribution in [1.82, 2.24) is 9.13 Å². The highest BCUT2D eigenvalue weighted by molar-refractivity contribution is 5.99. The molecule has 1 aromatic heterocycles. The van der Waals surface area contributed by atoms with Crippen LogP contribution < -0.4 is 11.2 Å². The van der Waals surface area contributed by atoms with Crippen molar-refractivity contribution >= 4 is 17.7 Å². The summed E-state index contributed by atoms with van der Waals surface area (Å²) in [5.74, 6) is -4.21. The molecule has 10 heteroatoms. The predicted octanol–water partition coefficient (Wildman–Crippen LogP) is 2.08. The Bertz CT molecular complexity index is 978. The van der Waals surface area contributed by atoms with Crippen molar-refractivity contribution < 1.29 is 29.7 Å². The smallest absolute Gasteiger partial charge is 0.334 e. The van der Waals surface area contributed by atoms with Crippen molar-refractivity contribution in [3.05, 3.63) is 26.4 Å². The average Bonchev–Trinajstić information content (AvgIpc) is 2.73. The normalized spacial score (nSPS) is 22.2. The van der Waals surface area contributed by atoms with E-state index < -0.39 is 65.2 Å². The molecule has 31 heavy (non-hydrogen) atoms. The standard InChI is InChI=1S/C21H28N2O8/c24-15(10-11-16(25)26)17-18(27)22(13-4-2-1-3-5-13)21(31)23(19(17)28)14-8-6-12(7-9-14)20(29)30/h12-14,28H,1-11H2,(H,25,26)(H,29,30). The molecule has 10 nitrogen and oxygen atoms in total. The van der Waals surface area contributed by atoms with E-state index in [-0.39, 0.29) is 6.04 Å². The molecule has 2 fully saturated rings. The molecular formula is C21H28N2O8. The van der Waals surface area contributed by atoms with E-state index in [4.69, 9.17) is 5.11 Å². The lowest BCUT2D eigenvalue weighted by atomic mass is 9.86. The SMILES string of the molecule is O=C(O)CCC(=O)c1c(O)n(C2CCC(C(=O)O)CC2)c(=O)n(C2CCCCC2)c1=O. The third kappa shape index (κ3) is 4.72. The second-order valence-electron chi connectivity index (χ2n) is 8.48. The first-order chi connectivity index (χ1) is 14.7. The molecule has 0 unspecified atom stereocenters. The van der Waals surface area contributed by atoms with Gasteiger partial charge in [0.25, 0.3) is 5.56 Å². The second kappa shape index (κ2) is 9.49. The summed E-state index contributed by atoms with van der Waals surface area (Å²) >= 11 is 0. The van der Waals surface area contributed by atoms with Gasteiger partial charge in [0.2, 0.25) is 5.88 Å². The summed E-state index contributed by atoms with van der Waals surface area (Å²) in [6.45, 7) is 0. The van der Waals surface area contributed by atoms with Crippen molar-refractivity contribution in [1.29, 1.82) is 0 Å². The number of carbonyl (C=O) groups is 3. The van der Waals surface area contributed by atoms with Crippen LogP contribution in [0.3, 0.4) is 0 Å². The fourth-order valence-electron chi connectivity index (χ4n) is 4.79. The van der Waals surface area contributed by atoms with Crippen molar-refractivity contribution in [3.8, 4) is 5.88 Å². The van der Waals surface area contributed by atoms with Gasteiger partial charge in [-0.1, -0.05) is 19.3 Å². The molecule has 0 aromatic carbocycles. The first kappa shape index (κ1) is 22.8. The van der Waals surface area contributed by atoms with Gasteiger partial charge >= 0.3 is 17.6 Å².